The summed E-state index contributed by atoms with van der Waals surface area (Å²) >= 11 is 0. The van der Waals surface area contributed by atoms with Crippen molar-refractivity contribution in [2.24, 2.45) is 17.8 Å². The lowest BCUT2D eigenvalue weighted by Crippen LogP contribution is -2.52. The number of allylic oxidation sites excluding steroid dienone is 2. The largest absolute Gasteiger partial charge is 0.292 e. The molecule has 1 fully saturated rings. The summed E-state index contributed by atoms with van der Waals surface area (Å²) in [6.07, 6.45) is 3.90. The third-order valence-electron chi connectivity index (χ3n) is 6.32. The fraction of sp³-hybridized carbons (Fsp3) is 0.250. The first-order valence-electron chi connectivity index (χ1n) is 11.0. The number of non-ortho nitro benzene ring substituents is 2. The third-order valence-corrected chi connectivity index (χ3v) is 6.32. The van der Waals surface area contributed by atoms with E-state index < -0.39 is 51.7 Å². The summed E-state index contributed by atoms with van der Waals surface area (Å²) in [4.78, 5) is 73.9. The van der Waals surface area contributed by atoms with Gasteiger partial charge in [-0.15, -0.1) is 0 Å². The molecule has 12 heteroatoms. The smallest absolute Gasteiger partial charge is 0.273 e. The second-order valence-corrected chi connectivity index (χ2v) is 8.54. The minimum Gasteiger partial charge on any atom is -0.292 e. The number of nitro groups is 2. The molecule has 1 heterocycles. The van der Waals surface area contributed by atoms with E-state index in [2.05, 4.69) is 0 Å². The van der Waals surface area contributed by atoms with Crippen LogP contribution in [0.25, 0.3) is 0 Å². The highest BCUT2D eigenvalue weighted by molar-refractivity contribution is 6.10. The average molecular weight is 492 g/mol. The SMILES string of the molecule is C[C@@H]1C=CC[C@@H]2C(=O)N(N(CC(=O)c3cccc([N+](=O)[O-])c3)C(=O)c3ccc([N+](=O)[O-])cc3)C(=O)[C@H]12. The Hall–Kier alpha value is -4.74. The van der Waals surface area contributed by atoms with Gasteiger partial charge in [0.1, 0.15) is 6.54 Å². The van der Waals surface area contributed by atoms with E-state index in [1.807, 2.05) is 6.08 Å². The van der Waals surface area contributed by atoms with E-state index in [1.54, 1.807) is 13.0 Å². The Morgan fingerprint density at radius 2 is 1.64 bits per heavy atom. The van der Waals surface area contributed by atoms with Crippen LogP contribution in [0.15, 0.2) is 60.7 Å². The molecule has 36 heavy (non-hydrogen) atoms. The number of hydrogen-bond donors (Lipinski definition) is 0. The summed E-state index contributed by atoms with van der Waals surface area (Å²) in [5.41, 5.74) is -0.787. The van der Waals surface area contributed by atoms with Crippen molar-refractivity contribution >= 4 is 34.9 Å². The van der Waals surface area contributed by atoms with E-state index in [1.165, 1.54) is 18.2 Å². The minimum atomic E-state index is -0.898. The van der Waals surface area contributed by atoms with Crippen molar-refractivity contribution < 1.29 is 29.0 Å². The van der Waals surface area contributed by atoms with Crippen molar-refractivity contribution in [3.8, 4) is 0 Å². The van der Waals surface area contributed by atoms with Crippen LogP contribution < -0.4 is 0 Å². The van der Waals surface area contributed by atoms with Gasteiger partial charge in [-0.25, -0.2) is 5.01 Å². The van der Waals surface area contributed by atoms with Crippen molar-refractivity contribution in [3.05, 3.63) is 92.0 Å². The van der Waals surface area contributed by atoms with E-state index in [0.717, 1.165) is 35.3 Å². The zero-order chi connectivity index (χ0) is 26.1. The number of amides is 3. The number of ketones is 1. The van der Waals surface area contributed by atoms with Crippen LogP contribution in [-0.4, -0.2) is 49.9 Å². The van der Waals surface area contributed by atoms with Crippen LogP contribution in [0.4, 0.5) is 11.4 Å². The highest BCUT2D eigenvalue weighted by Gasteiger charge is 2.53. The molecule has 0 radical (unpaired) electrons. The van der Waals surface area contributed by atoms with Crippen molar-refractivity contribution in [1.29, 1.82) is 0 Å². The molecule has 2 aromatic rings. The summed E-state index contributed by atoms with van der Waals surface area (Å²) in [6.45, 7) is 1.02. The molecule has 0 saturated carbocycles. The Kier molecular flexibility index (Phi) is 6.43. The fourth-order valence-electron chi connectivity index (χ4n) is 4.50. The van der Waals surface area contributed by atoms with Gasteiger partial charge >= 0.3 is 0 Å². The molecule has 0 unspecified atom stereocenters. The number of fused-ring (bicyclic) bond motifs is 1. The molecule has 2 aromatic carbocycles. The maximum atomic E-state index is 13.5. The summed E-state index contributed by atoms with van der Waals surface area (Å²) in [7, 11) is 0. The molecule has 1 aliphatic carbocycles. The van der Waals surface area contributed by atoms with Gasteiger partial charge < -0.3 is 0 Å². The summed E-state index contributed by atoms with van der Waals surface area (Å²) < 4.78 is 0. The molecule has 0 bridgehead atoms. The van der Waals surface area contributed by atoms with Crippen molar-refractivity contribution in [3.63, 3.8) is 0 Å². The van der Waals surface area contributed by atoms with Gasteiger partial charge in [0.25, 0.3) is 29.1 Å². The number of carbonyl (C=O) groups excluding carboxylic acids is 4. The van der Waals surface area contributed by atoms with Crippen LogP contribution in [0.1, 0.15) is 34.1 Å². The molecule has 2 aliphatic rings. The van der Waals surface area contributed by atoms with Gasteiger partial charge in [-0.2, -0.15) is 5.01 Å². The Morgan fingerprint density at radius 3 is 2.25 bits per heavy atom. The van der Waals surface area contributed by atoms with E-state index in [0.29, 0.717) is 11.4 Å². The van der Waals surface area contributed by atoms with Crippen molar-refractivity contribution in [2.45, 2.75) is 13.3 Å². The highest BCUT2D eigenvalue weighted by Crippen LogP contribution is 2.39. The maximum absolute atomic E-state index is 13.5. The van der Waals surface area contributed by atoms with E-state index >= 15 is 0 Å². The summed E-state index contributed by atoms with van der Waals surface area (Å²) in [5.74, 6) is -4.58. The van der Waals surface area contributed by atoms with Crippen LogP contribution in [0.3, 0.4) is 0 Å². The van der Waals surface area contributed by atoms with Gasteiger partial charge in [0.05, 0.1) is 21.7 Å². The maximum Gasteiger partial charge on any atom is 0.273 e. The molecule has 3 amide bonds. The fourth-order valence-corrected chi connectivity index (χ4v) is 4.50. The lowest BCUT2D eigenvalue weighted by atomic mass is 9.78. The molecule has 0 N–H and O–H groups in total. The van der Waals surface area contributed by atoms with Crippen molar-refractivity contribution in [1.82, 2.24) is 10.0 Å². The topological polar surface area (TPSA) is 161 Å². The number of nitro benzene ring substituents is 2. The zero-order valence-electron chi connectivity index (χ0n) is 19.0. The summed E-state index contributed by atoms with van der Waals surface area (Å²) in [5, 5.41) is 23.5. The highest BCUT2D eigenvalue weighted by atomic mass is 16.6. The Morgan fingerprint density at radius 1 is 0.972 bits per heavy atom. The number of imide groups is 1. The number of nitrogens with zero attached hydrogens (tertiary/aromatic N) is 4. The second-order valence-electron chi connectivity index (χ2n) is 8.54. The molecule has 1 saturated heterocycles. The van der Waals surface area contributed by atoms with Crippen LogP contribution >= 0.6 is 0 Å². The number of carbonyl (C=O) groups is 4. The lowest BCUT2D eigenvalue weighted by Gasteiger charge is -2.30. The van der Waals surface area contributed by atoms with Gasteiger partial charge in [-0.05, 0) is 24.5 Å². The number of benzene rings is 2. The van der Waals surface area contributed by atoms with Crippen LogP contribution in [-0.2, 0) is 9.59 Å². The summed E-state index contributed by atoms with van der Waals surface area (Å²) in [6, 6.07) is 9.37. The number of Topliss-reactive ketones (excluding diaryl/α,β-unsaturated/α-hetero) is 1. The molecule has 4 rings (SSSR count). The standard InChI is InChI=1S/C24H20N4O8/c1-14-4-2-7-19-21(14)24(32)26(23(19)31)25(22(30)15-8-10-17(11-9-15)27(33)34)13-20(29)16-5-3-6-18(12-16)28(35)36/h2-6,8-12,14,19,21H,7,13H2,1H3/t14-,19+,21-/m1/s1. The van der Waals surface area contributed by atoms with Crippen LogP contribution in [0.2, 0.25) is 0 Å². The molecule has 12 nitrogen and oxygen atoms in total. The predicted molar refractivity (Wildman–Crippen MR) is 123 cm³/mol. The Balaban J connectivity index is 1.71. The number of hydrogen-bond acceptors (Lipinski definition) is 8. The van der Waals surface area contributed by atoms with Gasteiger partial charge in [-0.1, -0.05) is 31.2 Å². The molecule has 3 atom stereocenters. The molecule has 0 spiro atoms. The monoisotopic (exact) mass is 492 g/mol. The predicted octanol–water partition coefficient (Wildman–Crippen LogP) is 2.94. The van der Waals surface area contributed by atoms with Gasteiger partial charge in [0, 0.05) is 35.4 Å². The second kappa shape index (κ2) is 9.49. The third kappa shape index (κ3) is 4.35. The number of hydrazine groups is 1. The number of rotatable bonds is 7. The molecule has 1 aliphatic heterocycles. The minimum absolute atomic E-state index is 0.0859. The molecular formula is C24H20N4O8. The molecular weight excluding hydrogens is 472 g/mol. The van der Waals surface area contributed by atoms with Gasteiger partial charge in [-0.3, -0.25) is 39.4 Å². The van der Waals surface area contributed by atoms with Crippen LogP contribution in [0, 0.1) is 38.0 Å². The quantitative estimate of drug-likeness (QED) is 0.187. The van der Waals surface area contributed by atoms with Crippen LogP contribution in [0.5, 0.6) is 0 Å². The first-order valence-corrected chi connectivity index (χ1v) is 11.0. The zero-order valence-corrected chi connectivity index (χ0v) is 19.0. The Labute approximate surface area is 204 Å². The first kappa shape index (κ1) is 24.4. The molecule has 184 valence electrons. The lowest BCUT2D eigenvalue weighted by molar-refractivity contribution is -0.385. The van der Waals surface area contributed by atoms with E-state index in [9.17, 15) is 39.4 Å². The van der Waals surface area contributed by atoms with Gasteiger partial charge in [0.15, 0.2) is 5.78 Å². The van der Waals surface area contributed by atoms with Gasteiger partial charge in [0.2, 0.25) is 0 Å². The van der Waals surface area contributed by atoms with Crippen molar-refractivity contribution in [2.75, 3.05) is 6.54 Å². The average Bonchev–Trinajstić information content (AvgIpc) is 3.12. The molecule has 0 aromatic heterocycles. The van der Waals surface area contributed by atoms with E-state index in [-0.39, 0.29) is 28.4 Å². The normalized spacial score (nSPS) is 20.7. The Bertz CT molecular complexity index is 1320. The van der Waals surface area contributed by atoms with E-state index in [4.69, 9.17) is 0 Å². The first-order chi connectivity index (χ1) is 17.1.